The smallest absolute Gasteiger partial charge is 0.257 e. The van der Waals surface area contributed by atoms with Crippen LogP contribution in [0.2, 0.25) is 0 Å². The highest BCUT2D eigenvalue weighted by Crippen LogP contribution is 2.28. The fourth-order valence-electron chi connectivity index (χ4n) is 3.22. The highest BCUT2D eigenvalue weighted by Gasteiger charge is 2.24. The van der Waals surface area contributed by atoms with E-state index in [1.165, 1.54) is 20.2 Å². The number of sulfonamides is 1. The Kier molecular flexibility index (Phi) is 6.26. The summed E-state index contributed by atoms with van der Waals surface area (Å²) in [6, 6.07) is 10.4. The molecule has 8 heteroatoms. The van der Waals surface area contributed by atoms with Crippen molar-refractivity contribution in [3.05, 3.63) is 53.1 Å². The first-order valence-corrected chi connectivity index (χ1v) is 10.9. The number of anilines is 2. The van der Waals surface area contributed by atoms with Crippen LogP contribution in [0.5, 0.6) is 0 Å². The first-order chi connectivity index (χ1) is 13.7. The third kappa shape index (κ3) is 4.44. The quantitative estimate of drug-likeness (QED) is 0.809. The summed E-state index contributed by atoms with van der Waals surface area (Å²) in [5.41, 5.74) is 3.79. The van der Waals surface area contributed by atoms with Crippen LogP contribution < -0.4 is 10.2 Å². The second-order valence-electron chi connectivity index (χ2n) is 7.27. The molecule has 0 aliphatic carbocycles. The number of nitrogens with zero attached hydrogens (tertiary/aromatic N) is 2. The monoisotopic (exact) mass is 417 g/mol. The Morgan fingerprint density at radius 2 is 1.79 bits per heavy atom. The van der Waals surface area contributed by atoms with Crippen molar-refractivity contribution in [1.82, 2.24) is 4.31 Å². The van der Waals surface area contributed by atoms with Crippen LogP contribution in [0.25, 0.3) is 0 Å². The van der Waals surface area contributed by atoms with Crippen molar-refractivity contribution >= 4 is 27.3 Å². The first-order valence-electron chi connectivity index (χ1n) is 9.48. The third-order valence-corrected chi connectivity index (χ3v) is 7.01. The molecule has 0 bridgehead atoms. The number of benzene rings is 2. The Balaban J connectivity index is 2.04. The van der Waals surface area contributed by atoms with E-state index in [0.717, 1.165) is 15.4 Å². The summed E-state index contributed by atoms with van der Waals surface area (Å²) in [6.45, 7) is 6.34. The molecule has 2 aromatic carbocycles. The lowest BCUT2D eigenvalue weighted by atomic mass is 10.1. The van der Waals surface area contributed by atoms with E-state index in [-0.39, 0.29) is 10.8 Å². The van der Waals surface area contributed by atoms with Crippen molar-refractivity contribution in [2.45, 2.75) is 18.7 Å². The molecule has 0 atom stereocenters. The fourth-order valence-corrected chi connectivity index (χ4v) is 4.15. The van der Waals surface area contributed by atoms with E-state index in [0.29, 0.717) is 43.2 Å². The van der Waals surface area contributed by atoms with Crippen molar-refractivity contribution < 1.29 is 17.9 Å². The maximum absolute atomic E-state index is 13.2. The standard InChI is InChI=1S/C21H27N3O4S/c1-15-6-5-7-19(16(15)2)22-21(25)18-14-17(29(26,27)23(3)4)8-9-20(18)24-10-12-28-13-11-24/h5-9,14H,10-13H2,1-4H3,(H,22,25). The molecule has 3 rings (SSSR count). The number of hydrogen-bond donors (Lipinski definition) is 1. The predicted molar refractivity (Wildman–Crippen MR) is 114 cm³/mol. The number of hydrogen-bond acceptors (Lipinski definition) is 5. The van der Waals surface area contributed by atoms with E-state index in [9.17, 15) is 13.2 Å². The highest BCUT2D eigenvalue weighted by molar-refractivity contribution is 7.89. The van der Waals surface area contributed by atoms with Crippen LogP contribution in [0.4, 0.5) is 11.4 Å². The summed E-state index contributed by atoms with van der Waals surface area (Å²) in [4.78, 5) is 15.4. The van der Waals surface area contributed by atoms with Crippen LogP contribution in [0.3, 0.4) is 0 Å². The molecule has 0 aromatic heterocycles. The van der Waals surface area contributed by atoms with Crippen molar-refractivity contribution in [2.24, 2.45) is 0 Å². The summed E-state index contributed by atoms with van der Waals surface area (Å²) in [5, 5.41) is 2.95. The topological polar surface area (TPSA) is 79.0 Å². The molecular formula is C21H27N3O4S. The summed E-state index contributed by atoms with van der Waals surface area (Å²) < 4.78 is 31.8. The van der Waals surface area contributed by atoms with Crippen LogP contribution in [0.1, 0.15) is 21.5 Å². The first kappa shape index (κ1) is 21.3. The van der Waals surface area contributed by atoms with Crippen LogP contribution in [-0.2, 0) is 14.8 Å². The van der Waals surface area contributed by atoms with E-state index in [1.807, 2.05) is 36.9 Å². The number of rotatable bonds is 5. The van der Waals surface area contributed by atoms with E-state index >= 15 is 0 Å². The number of aryl methyl sites for hydroxylation is 1. The molecule has 0 saturated carbocycles. The zero-order chi connectivity index (χ0) is 21.2. The molecule has 1 aliphatic heterocycles. The predicted octanol–water partition coefficient (Wildman–Crippen LogP) is 2.64. The lowest BCUT2D eigenvalue weighted by molar-refractivity contribution is 0.102. The molecule has 1 heterocycles. The van der Waals surface area contributed by atoms with Gasteiger partial charge in [0.2, 0.25) is 10.0 Å². The number of morpholine rings is 1. The maximum Gasteiger partial charge on any atom is 0.257 e. The van der Waals surface area contributed by atoms with Gasteiger partial charge < -0.3 is 15.0 Å². The lowest BCUT2D eigenvalue weighted by Crippen LogP contribution is -2.37. The molecule has 1 N–H and O–H groups in total. The molecule has 1 aliphatic rings. The Bertz CT molecular complexity index is 1010. The number of carbonyl (C=O) groups excluding carboxylic acids is 1. The Morgan fingerprint density at radius 1 is 1.10 bits per heavy atom. The Hall–Kier alpha value is -2.42. The fraction of sp³-hybridized carbons (Fsp3) is 0.381. The number of amides is 1. The number of nitrogens with one attached hydrogen (secondary N) is 1. The van der Waals surface area contributed by atoms with Gasteiger partial charge in [0, 0.05) is 38.6 Å². The minimum atomic E-state index is -3.66. The zero-order valence-electron chi connectivity index (χ0n) is 17.2. The summed E-state index contributed by atoms with van der Waals surface area (Å²) >= 11 is 0. The maximum atomic E-state index is 13.2. The molecule has 0 unspecified atom stereocenters. The third-order valence-electron chi connectivity index (χ3n) is 5.20. The normalized spacial score (nSPS) is 14.9. The minimum absolute atomic E-state index is 0.0885. The van der Waals surface area contributed by atoms with E-state index in [4.69, 9.17) is 4.74 Å². The molecule has 29 heavy (non-hydrogen) atoms. The Labute approximate surface area is 172 Å². The molecule has 1 fully saturated rings. The number of ether oxygens (including phenoxy) is 1. The Morgan fingerprint density at radius 3 is 2.45 bits per heavy atom. The molecule has 0 spiro atoms. The molecule has 2 aromatic rings. The molecule has 0 radical (unpaired) electrons. The zero-order valence-corrected chi connectivity index (χ0v) is 18.0. The van der Waals surface area contributed by atoms with Crippen LogP contribution in [-0.4, -0.2) is 59.0 Å². The van der Waals surface area contributed by atoms with Gasteiger partial charge in [0.1, 0.15) is 0 Å². The molecule has 7 nitrogen and oxygen atoms in total. The van der Waals surface area contributed by atoms with Gasteiger partial charge in [-0.15, -0.1) is 0 Å². The second-order valence-corrected chi connectivity index (χ2v) is 9.42. The van der Waals surface area contributed by atoms with Gasteiger partial charge >= 0.3 is 0 Å². The van der Waals surface area contributed by atoms with Gasteiger partial charge in [-0.05, 0) is 49.2 Å². The highest BCUT2D eigenvalue weighted by atomic mass is 32.2. The molecule has 1 amide bonds. The van der Waals surface area contributed by atoms with E-state index in [2.05, 4.69) is 5.32 Å². The van der Waals surface area contributed by atoms with Crippen molar-refractivity contribution in [2.75, 3.05) is 50.6 Å². The summed E-state index contributed by atoms with van der Waals surface area (Å²) in [6.07, 6.45) is 0. The molecular weight excluding hydrogens is 390 g/mol. The van der Waals surface area contributed by atoms with Crippen molar-refractivity contribution in [1.29, 1.82) is 0 Å². The summed E-state index contributed by atoms with van der Waals surface area (Å²) in [7, 11) is -0.711. The van der Waals surface area contributed by atoms with Crippen LogP contribution >= 0.6 is 0 Å². The molecule has 1 saturated heterocycles. The minimum Gasteiger partial charge on any atom is -0.378 e. The van der Waals surface area contributed by atoms with E-state index < -0.39 is 10.0 Å². The number of carbonyl (C=O) groups is 1. The van der Waals surface area contributed by atoms with Crippen molar-refractivity contribution in [3.8, 4) is 0 Å². The SMILES string of the molecule is Cc1cccc(NC(=O)c2cc(S(=O)(=O)N(C)C)ccc2N2CCOCC2)c1C. The average molecular weight is 418 g/mol. The van der Waals surface area contributed by atoms with Gasteiger partial charge in [-0.2, -0.15) is 0 Å². The van der Waals surface area contributed by atoms with Gasteiger partial charge in [0.15, 0.2) is 0 Å². The van der Waals surface area contributed by atoms with E-state index in [1.54, 1.807) is 12.1 Å². The van der Waals surface area contributed by atoms with Gasteiger partial charge in [-0.25, -0.2) is 12.7 Å². The van der Waals surface area contributed by atoms with Gasteiger partial charge in [-0.3, -0.25) is 4.79 Å². The van der Waals surface area contributed by atoms with Crippen LogP contribution in [0.15, 0.2) is 41.3 Å². The van der Waals surface area contributed by atoms with Gasteiger partial charge in [0.05, 0.1) is 23.7 Å². The largest absolute Gasteiger partial charge is 0.378 e. The second kappa shape index (κ2) is 8.52. The van der Waals surface area contributed by atoms with Gasteiger partial charge in [0.25, 0.3) is 5.91 Å². The molecule has 156 valence electrons. The van der Waals surface area contributed by atoms with Crippen LogP contribution in [0, 0.1) is 13.8 Å². The lowest BCUT2D eigenvalue weighted by Gasteiger charge is -2.30. The average Bonchev–Trinajstić information content (AvgIpc) is 2.71. The van der Waals surface area contributed by atoms with Gasteiger partial charge in [-0.1, -0.05) is 12.1 Å². The summed E-state index contributed by atoms with van der Waals surface area (Å²) in [5.74, 6) is -0.337. The van der Waals surface area contributed by atoms with Crippen molar-refractivity contribution in [3.63, 3.8) is 0 Å².